The molecule has 15 heavy (non-hydrogen) atoms. The average molecular weight is 214 g/mol. The Kier molecular flexibility index (Phi) is 3.04. The molecule has 0 aliphatic heterocycles. The van der Waals surface area contributed by atoms with Crippen molar-refractivity contribution >= 4 is 5.91 Å². The van der Waals surface area contributed by atoms with Crippen molar-refractivity contribution in [2.75, 3.05) is 7.05 Å². The third kappa shape index (κ3) is 1.83. The van der Waals surface area contributed by atoms with Crippen molar-refractivity contribution in [2.24, 2.45) is 5.73 Å². The number of carbonyl (C=O) groups is 1. The molecule has 0 aliphatic carbocycles. The maximum Gasteiger partial charge on any atom is 0.242 e. The van der Waals surface area contributed by atoms with Crippen LogP contribution < -0.4 is 11.1 Å². The largest absolute Gasteiger partial charge is 0.368 e. The summed E-state index contributed by atoms with van der Waals surface area (Å²) in [5, 5.41) is 2.52. The molecule has 0 saturated carbocycles. The van der Waals surface area contributed by atoms with Crippen molar-refractivity contribution in [3.8, 4) is 0 Å². The highest BCUT2D eigenvalue weighted by Gasteiger charge is 2.36. The van der Waals surface area contributed by atoms with Crippen LogP contribution in [0.4, 0.5) is 8.78 Å². The zero-order chi connectivity index (χ0) is 11.6. The zero-order valence-electron chi connectivity index (χ0n) is 8.47. The van der Waals surface area contributed by atoms with Crippen LogP contribution in [-0.2, 0) is 10.3 Å². The van der Waals surface area contributed by atoms with Crippen molar-refractivity contribution in [3.63, 3.8) is 0 Å². The van der Waals surface area contributed by atoms with Gasteiger partial charge in [-0.2, -0.15) is 0 Å². The highest BCUT2D eigenvalue weighted by atomic mass is 19.1. The zero-order valence-corrected chi connectivity index (χ0v) is 8.47. The van der Waals surface area contributed by atoms with Gasteiger partial charge in [-0.1, -0.05) is 6.07 Å². The minimum absolute atomic E-state index is 0.361. The van der Waals surface area contributed by atoms with E-state index in [1.165, 1.54) is 20.0 Å². The minimum atomic E-state index is -1.55. The lowest BCUT2D eigenvalue weighted by molar-refractivity contribution is -0.124. The Balaban J connectivity index is 3.42. The summed E-state index contributed by atoms with van der Waals surface area (Å²) in [5.41, 5.74) is 3.21. The number of carbonyl (C=O) groups excluding carboxylic acids is 1. The maximum absolute atomic E-state index is 13.4. The first-order chi connectivity index (χ1) is 6.93. The minimum Gasteiger partial charge on any atom is -0.368 e. The number of amides is 1. The van der Waals surface area contributed by atoms with E-state index < -0.39 is 23.1 Å². The summed E-state index contributed by atoms with van der Waals surface area (Å²) in [6.07, 6.45) is 0. The second-order valence-electron chi connectivity index (χ2n) is 3.34. The third-order valence-electron chi connectivity index (χ3n) is 2.46. The van der Waals surface area contributed by atoms with Crippen LogP contribution >= 0.6 is 0 Å². The van der Waals surface area contributed by atoms with Crippen molar-refractivity contribution < 1.29 is 13.6 Å². The van der Waals surface area contributed by atoms with Crippen LogP contribution in [0.5, 0.6) is 0 Å². The van der Waals surface area contributed by atoms with Crippen LogP contribution in [0, 0.1) is 11.6 Å². The monoisotopic (exact) mass is 214 g/mol. The summed E-state index contributed by atoms with van der Waals surface area (Å²) in [7, 11) is 1.41. The fraction of sp³-hybridized carbons (Fsp3) is 0.300. The van der Waals surface area contributed by atoms with E-state index in [0.29, 0.717) is 0 Å². The Morgan fingerprint density at radius 2 is 1.87 bits per heavy atom. The molecule has 0 fully saturated rings. The summed E-state index contributed by atoms with van der Waals surface area (Å²) >= 11 is 0. The summed E-state index contributed by atoms with van der Waals surface area (Å²) in [6, 6.07) is 3.39. The van der Waals surface area contributed by atoms with E-state index in [1.54, 1.807) is 0 Å². The van der Waals surface area contributed by atoms with Gasteiger partial charge in [-0.3, -0.25) is 4.79 Å². The number of hydrogen-bond donors (Lipinski definition) is 2. The van der Waals surface area contributed by atoms with Gasteiger partial charge in [-0.05, 0) is 26.1 Å². The smallest absolute Gasteiger partial charge is 0.242 e. The molecule has 0 aromatic heterocycles. The molecular weight excluding hydrogens is 202 g/mol. The highest BCUT2D eigenvalue weighted by Crippen LogP contribution is 2.25. The second kappa shape index (κ2) is 3.94. The molecule has 5 heteroatoms. The van der Waals surface area contributed by atoms with Gasteiger partial charge in [-0.15, -0.1) is 0 Å². The number of hydrogen-bond acceptors (Lipinski definition) is 2. The predicted molar refractivity (Wildman–Crippen MR) is 52.0 cm³/mol. The van der Waals surface area contributed by atoms with Gasteiger partial charge in [-0.25, -0.2) is 8.78 Å². The molecule has 0 aliphatic rings. The van der Waals surface area contributed by atoms with Gasteiger partial charge in [0.15, 0.2) is 0 Å². The number of primary amides is 1. The van der Waals surface area contributed by atoms with E-state index in [9.17, 15) is 13.6 Å². The van der Waals surface area contributed by atoms with Gasteiger partial charge in [0.2, 0.25) is 5.91 Å². The Hall–Kier alpha value is -1.49. The predicted octanol–water partition coefficient (Wildman–Crippen LogP) is 0.885. The summed E-state index contributed by atoms with van der Waals surface area (Å²) in [4.78, 5) is 11.2. The van der Waals surface area contributed by atoms with Crippen molar-refractivity contribution in [1.29, 1.82) is 0 Å². The van der Waals surface area contributed by atoms with E-state index in [2.05, 4.69) is 5.32 Å². The van der Waals surface area contributed by atoms with Gasteiger partial charge in [0.25, 0.3) is 0 Å². The van der Waals surface area contributed by atoms with Crippen LogP contribution in [0.3, 0.4) is 0 Å². The molecule has 0 bridgehead atoms. The lowest BCUT2D eigenvalue weighted by atomic mass is 9.90. The molecule has 0 heterocycles. The van der Waals surface area contributed by atoms with Gasteiger partial charge in [0.1, 0.15) is 17.2 Å². The number of rotatable bonds is 3. The van der Waals surface area contributed by atoms with Gasteiger partial charge in [0.05, 0.1) is 5.56 Å². The molecule has 1 aromatic rings. The molecule has 0 spiro atoms. The molecule has 1 atom stereocenters. The third-order valence-corrected chi connectivity index (χ3v) is 2.46. The van der Waals surface area contributed by atoms with Gasteiger partial charge in [0, 0.05) is 0 Å². The molecule has 0 radical (unpaired) electrons. The first kappa shape index (κ1) is 11.6. The number of nitrogens with one attached hydrogen (secondary N) is 1. The number of likely N-dealkylation sites (N-methyl/N-ethyl adjacent to an activating group) is 1. The average Bonchev–Trinajstić information content (AvgIpc) is 2.16. The van der Waals surface area contributed by atoms with Gasteiger partial charge < -0.3 is 11.1 Å². The molecule has 1 rings (SSSR count). The van der Waals surface area contributed by atoms with Crippen LogP contribution in [0.25, 0.3) is 0 Å². The van der Waals surface area contributed by atoms with Crippen LogP contribution in [-0.4, -0.2) is 13.0 Å². The quantitative estimate of drug-likeness (QED) is 0.785. The molecule has 1 unspecified atom stereocenters. The fourth-order valence-corrected chi connectivity index (χ4v) is 1.35. The molecule has 1 aromatic carbocycles. The molecule has 3 nitrogen and oxygen atoms in total. The Morgan fingerprint density at radius 1 is 1.40 bits per heavy atom. The number of benzene rings is 1. The normalized spacial score (nSPS) is 14.7. The van der Waals surface area contributed by atoms with Crippen LogP contribution in [0.15, 0.2) is 18.2 Å². The Labute approximate surface area is 86.3 Å². The molecular formula is C10H12F2N2O. The highest BCUT2D eigenvalue weighted by molar-refractivity contribution is 5.85. The van der Waals surface area contributed by atoms with Crippen molar-refractivity contribution in [2.45, 2.75) is 12.5 Å². The topological polar surface area (TPSA) is 55.1 Å². The van der Waals surface area contributed by atoms with E-state index in [-0.39, 0.29) is 5.56 Å². The van der Waals surface area contributed by atoms with Crippen LogP contribution in [0.1, 0.15) is 12.5 Å². The second-order valence-corrected chi connectivity index (χ2v) is 3.34. The SMILES string of the molecule is CNC(C)(C(N)=O)c1c(F)cccc1F. The Bertz CT molecular complexity index is 375. The van der Waals surface area contributed by atoms with Crippen molar-refractivity contribution in [3.05, 3.63) is 35.4 Å². The number of nitrogens with two attached hydrogens (primary N) is 1. The van der Waals surface area contributed by atoms with Crippen LogP contribution in [0.2, 0.25) is 0 Å². The van der Waals surface area contributed by atoms with E-state index in [1.807, 2.05) is 0 Å². The standard InChI is InChI=1S/C10H12F2N2O/c1-10(14-2,9(13)15)8-6(11)4-3-5-7(8)12/h3-5,14H,1-2H3,(H2,13,15). The molecule has 0 saturated heterocycles. The first-order valence-corrected chi connectivity index (χ1v) is 4.36. The summed E-state index contributed by atoms with van der Waals surface area (Å²) in [5.74, 6) is -2.44. The maximum atomic E-state index is 13.4. The summed E-state index contributed by atoms with van der Waals surface area (Å²) in [6.45, 7) is 1.33. The molecule has 1 amide bonds. The fourth-order valence-electron chi connectivity index (χ4n) is 1.35. The number of halogens is 2. The van der Waals surface area contributed by atoms with E-state index in [4.69, 9.17) is 5.73 Å². The lowest BCUT2D eigenvalue weighted by Gasteiger charge is -2.26. The molecule has 82 valence electrons. The first-order valence-electron chi connectivity index (χ1n) is 4.36. The van der Waals surface area contributed by atoms with E-state index in [0.717, 1.165) is 12.1 Å². The Morgan fingerprint density at radius 3 is 2.20 bits per heavy atom. The summed E-state index contributed by atoms with van der Waals surface area (Å²) < 4.78 is 26.8. The molecule has 3 N–H and O–H groups in total. The lowest BCUT2D eigenvalue weighted by Crippen LogP contribution is -2.49. The van der Waals surface area contributed by atoms with E-state index >= 15 is 0 Å². The van der Waals surface area contributed by atoms with Crippen molar-refractivity contribution in [1.82, 2.24) is 5.32 Å². The van der Waals surface area contributed by atoms with Gasteiger partial charge >= 0.3 is 0 Å².